The smallest absolute Gasteiger partial charge is 0.173 e. The largest absolute Gasteiger partial charge is 0.493 e. The lowest BCUT2D eigenvalue weighted by Crippen LogP contribution is -2.50. The fourth-order valence-corrected chi connectivity index (χ4v) is 4.50. The van der Waals surface area contributed by atoms with Crippen LogP contribution in [0.15, 0.2) is 48.5 Å². The van der Waals surface area contributed by atoms with Crippen molar-refractivity contribution in [1.82, 2.24) is 9.80 Å². The number of piperidine rings is 1. The number of halogens is 2. The Balaban J connectivity index is 1.39. The lowest BCUT2D eigenvalue weighted by molar-refractivity contribution is 0.144. The first kappa shape index (κ1) is 25.4. The molecule has 1 N–H and O–H groups in total. The number of hydrogen-bond donors (Lipinski definition) is 1. The Morgan fingerprint density at radius 2 is 1.82 bits per heavy atom. The number of thiocarbonyl (C=S) groups is 1. The molecule has 0 aromatic heterocycles. The van der Waals surface area contributed by atoms with Gasteiger partial charge in [-0.05, 0) is 74.6 Å². The van der Waals surface area contributed by atoms with E-state index in [-0.39, 0.29) is 0 Å². The normalized spacial score (nSPS) is 14.9. The van der Waals surface area contributed by atoms with Crippen LogP contribution in [-0.2, 0) is 0 Å². The van der Waals surface area contributed by atoms with Crippen molar-refractivity contribution >= 4 is 23.0 Å². The maximum Gasteiger partial charge on any atom is 0.173 e. The molecule has 0 unspecified atom stereocenters. The first-order valence-corrected chi connectivity index (χ1v) is 12.3. The third-order valence-corrected chi connectivity index (χ3v) is 6.21. The molecular formula is C26H35F2N3OS. The number of nitrogens with zero attached hydrogens (tertiary/aromatic N) is 2. The summed E-state index contributed by atoms with van der Waals surface area (Å²) < 4.78 is 31.8. The summed E-state index contributed by atoms with van der Waals surface area (Å²) >= 11 is 5.78. The highest BCUT2D eigenvalue weighted by molar-refractivity contribution is 7.80. The van der Waals surface area contributed by atoms with Gasteiger partial charge in [0.2, 0.25) is 0 Å². The second-order valence-electron chi connectivity index (χ2n) is 9.05. The number of rotatable bonds is 10. The van der Waals surface area contributed by atoms with E-state index in [1.165, 1.54) is 6.07 Å². The van der Waals surface area contributed by atoms with Crippen LogP contribution < -0.4 is 10.1 Å². The van der Waals surface area contributed by atoms with Gasteiger partial charge in [-0.15, -0.1) is 0 Å². The maximum atomic E-state index is 13.2. The Morgan fingerprint density at radius 1 is 1.09 bits per heavy atom. The molecule has 0 spiro atoms. The number of hydrogen-bond acceptors (Lipinski definition) is 3. The minimum Gasteiger partial charge on any atom is -0.493 e. The fourth-order valence-electron chi connectivity index (χ4n) is 4.16. The summed E-state index contributed by atoms with van der Waals surface area (Å²) in [5.74, 6) is -0.817. The molecule has 0 atom stereocenters. The molecule has 7 heteroatoms. The fraction of sp³-hybridized carbons (Fsp3) is 0.500. The Kier molecular flexibility index (Phi) is 9.88. The topological polar surface area (TPSA) is 27.7 Å². The number of anilines is 1. The summed E-state index contributed by atoms with van der Waals surface area (Å²) in [7, 11) is 0. The van der Waals surface area contributed by atoms with Gasteiger partial charge < -0.3 is 19.9 Å². The van der Waals surface area contributed by atoms with E-state index in [1.807, 2.05) is 30.3 Å². The highest BCUT2D eigenvalue weighted by Gasteiger charge is 2.26. The molecule has 2 aromatic rings. The Bertz CT molecular complexity index is 873. The first-order valence-electron chi connectivity index (χ1n) is 11.8. The molecule has 33 heavy (non-hydrogen) atoms. The van der Waals surface area contributed by atoms with Crippen LogP contribution in [0, 0.1) is 17.6 Å². The van der Waals surface area contributed by atoms with Crippen LogP contribution in [0.4, 0.5) is 14.5 Å². The third-order valence-electron chi connectivity index (χ3n) is 5.87. The van der Waals surface area contributed by atoms with E-state index in [1.54, 1.807) is 0 Å². The number of ether oxygens (including phenoxy) is 1. The predicted molar refractivity (Wildman–Crippen MR) is 135 cm³/mol. The zero-order chi connectivity index (χ0) is 23.6. The summed E-state index contributed by atoms with van der Waals surface area (Å²) in [4.78, 5) is 4.87. The Labute approximate surface area is 201 Å². The van der Waals surface area contributed by atoms with Gasteiger partial charge in [0.05, 0.1) is 6.61 Å². The van der Waals surface area contributed by atoms with Gasteiger partial charge in [0.1, 0.15) is 5.75 Å². The molecule has 1 saturated heterocycles. The lowest BCUT2D eigenvalue weighted by Gasteiger charge is -2.40. The number of nitrogens with one attached hydrogen (secondary N) is 1. The van der Waals surface area contributed by atoms with Crippen LogP contribution in [0.1, 0.15) is 39.5 Å². The summed E-state index contributed by atoms with van der Waals surface area (Å²) in [5.41, 5.74) is 1.03. The SMILES string of the molecule is CC(C)CN(C(=S)Nc1ccccc1)C1CCN(CCCCOc2ccc(F)c(F)c2)CC1. The average Bonchev–Trinajstić information content (AvgIpc) is 2.80. The van der Waals surface area contributed by atoms with Crippen molar-refractivity contribution in [2.24, 2.45) is 5.92 Å². The molecule has 1 fully saturated rings. The lowest BCUT2D eigenvalue weighted by atomic mass is 10.0. The van der Waals surface area contributed by atoms with Crippen molar-refractivity contribution in [2.75, 3.05) is 38.1 Å². The van der Waals surface area contributed by atoms with Crippen LogP contribution >= 0.6 is 12.2 Å². The van der Waals surface area contributed by atoms with Crippen LogP contribution in [0.5, 0.6) is 5.75 Å². The number of para-hydroxylation sites is 1. The van der Waals surface area contributed by atoms with Crippen molar-refractivity contribution in [3.05, 3.63) is 60.2 Å². The van der Waals surface area contributed by atoms with E-state index in [2.05, 4.69) is 29.0 Å². The van der Waals surface area contributed by atoms with Crippen molar-refractivity contribution in [1.29, 1.82) is 0 Å². The van der Waals surface area contributed by atoms with Gasteiger partial charge in [0.15, 0.2) is 16.7 Å². The molecule has 0 bridgehead atoms. The van der Waals surface area contributed by atoms with Crippen LogP contribution in [0.3, 0.4) is 0 Å². The van der Waals surface area contributed by atoms with E-state index >= 15 is 0 Å². The van der Waals surface area contributed by atoms with Gasteiger partial charge in [0, 0.05) is 37.4 Å². The molecule has 2 aromatic carbocycles. The second kappa shape index (κ2) is 12.8. The van der Waals surface area contributed by atoms with E-state index < -0.39 is 11.6 Å². The Morgan fingerprint density at radius 3 is 2.48 bits per heavy atom. The zero-order valence-corrected chi connectivity index (χ0v) is 20.4. The number of benzene rings is 2. The van der Waals surface area contributed by atoms with Crippen molar-refractivity contribution in [3.8, 4) is 5.75 Å². The van der Waals surface area contributed by atoms with Gasteiger partial charge in [-0.2, -0.15) is 0 Å². The van der Waals surface area contributed by atoms with Crippen LogP contribution in [0.2, 0.25) is 0 Å². The average molecular weight is 476 g/mol. The molecule has 1 heterocycles. The molecular weight excluding hydrogens is 440 g/mol. The molecule has 0 saturated carbocycles. The van der Waals surface area contributed by atoms with E-state index in [0.717, 1.165) is 74.8 Å². The summed E-state index contributed by atoms with van der Waals surface area (Å²) in [5, 5.41) is 4.22. The summed E-state index contributed by atoms with van der Waals surface area (Å²) in [6.07, 6.45) is 4.07. The predicted octanol–water partition coefficient (Wildman–Crippen LogP) is 5.94. The standard InChI is InChI=1S/C26H35F2N3OS/c1-20(2)19-31(26(33)29-21-8-4-3-5-9-21)22-12-15-30(16-13-22)14-6-7-17-32-23-10-11-24(27)25(28)18-23/h3-5,8-11,18,20,22H,6-7,12-17,19H2,1-2H3,(H,29,33). The Hall–Kier alpha value is -2.25. The number of unbranched alkanes of at least 4 members (excludes halogenated alkanes) is 1. The summed E-state index contributed by atoms with van der Waals surface area (Å²) in [6, 6.07) is 14.2. The van der Waals surface area contributed by atoms with Crippen molar-refractivity contribution in [2.45, 2.75) is 45.6 Å². The first-order chi connectivity index (χ1) is 15.9. The molecule has 4 nitrogen and oxygen atoms in total. The van der Waals surface area contributed by atoms with Gasteiger partial charge in [-0.1, -0.05) is 32.0 Å². The molecule has 0 amide bonds. The number of likely N-dealkylation sites (tertiary alicyclic amines) is 1. The highest BCUT2D eigenvalue weighted by Crippen LogP contribution is 2.21. The third kappa shape index (κ3) is 8.23. The van der Waals surface area contributed by atoms with Crippen LogP contribution in [-0.4, -0.2) is 53.7 Å². The monoisotopic (exact) mass is 475 g/mol. The van der Waals surface area contributed by atoms with Gasteiger partial charge in [-0.25, -0.2) is 8.78 Å². The zero-order valence-electron chi connectivity index (χ0n) is 19.6. The minimum atomic E-state index is -0.875. The molecule has 1 aliphatic rings. The van der Waals surface area contributed by atoms with E-state index in [9.17, 15) is 8.78 Å². The molecule has 0 radical (unpaired) electrons. The van der Waals surface area contributed by atoms with Gasteiger partial charge >= 0.3 is 0 Å². The second-order valence-corrected chi connectivity index (χ2v) is 9.43. The summed E-state index contributed by atoms with van der Waals surface area (Å²) in [6.45, 7) is 9.04. The van der Waals surface area contributed by atoms with E-state index in [0.29, 0.717) is 24.3 Å². The maximum absolute atomic E-state index is 13.2. The highest BCUT2D eigenvalue weighted by atomic mass is 32.1. The molecule has 0 aliphatic carbocycles. The van der Waals surface area contributed by atoms with E-state index in [4.69, 9.17) is 17.0 Å². The molecule has 180 valence electrons. The quantitative estimate of drug-likeness (QED) is 0.339. The van der Waals surface area contributed by atoms with Crippen LogP contribution in [0.25, 0.3) is 0 Å². The molecule has 3 rings (SSSR count). The van der Waals surface area contributed by atoms with Gasteiger partial charge in [0.25, 0.3) is 0 Å². The van der Waals surface area contributed by atoms with Crippen molar-refractivity contribution in [3.63, 3.8) is 0 Å². The van der Waals surface area contributed by atoms with Gasteiger partial charge in [-0.3, -0.25) is 0 Å². The minimum absolute atomic E-state index is 0.375. The van der Waals surface area contributed by atoms with Crippen molar-refractivity contribution < 1.29 is 13.5 Å². The molecule has 1 aliphatic heterocycles.